The van der Waals surface area contributed by atoms with Crippen molar-refractivity contribution in [3.8, 4) is 5.75 Å². The van der Waals surface area contributed by atoms with Crippen molar-refractivity contribution >= 4 is 21.6 Å². The van der Waals surface area contributed by atoms with E-state index < -0.39 is 16.1 Å². The Kier molecular flexibility index (Phi) is 7.18. The SMILES string of the molecule is CCc1ccc(N([C@@H](C)C(=O)N[C@@H]2CC(CC)(CC)Oc3ccccc32)S(C)(=O)=O)cc1. The van der Waals surface area contributed by atoms with Crippen LogP contribution in [0, 0.1) is 0 Å². The first kappa shape index (κ1) is 24.1. The average molecular weight is 459 g/mol. The molecule has 0 saturated carbocycles. The van der Waals surface area contributed by atoms with Crippen LogP contribution in [0.25, 0.3) is 0 Å². The minimum absolute atomic E-state index is 0.251. The van der Waals surface area contributed by atoms with Crippen LogP contribution in [0.4, 0.5) is 5.69 Å². The van der Waals surface area contributed by atoms with Gasteiger partial charge >= 0.3 is 0 Å². The van der Waals surface area contributed by atoms with E-state index in [0.717, 1.165) is 42.4 Å². The van der Waals surface area contributed by atoms with Crippen molar-refractivity contribution in [1.29, 1.82) is 0 Å². The average Bonchev–Trinajstić information content (AvgIpc) is 2.78. The van der Waals surface area contributed by atoms with E-state index in [0.29, 0.717) is 12.1 Å². The van der Waals surface area contributed by atoms with E-state index in [1.165, 1.54) is 4.31 Å². The van der Waals surface area contributed by atoms with Crippen molar-refractivity contribution in [3.63, 3.8) is 0 Å². The molecule has 2 aromatic rings. The number of anilines is 1. The monoisotopic (exact) mass is 458 g/mol. The minimum atomic E-state index is -3.67. The summed E-state index contributed by atoms with van der Waals surface area (Å²) in [5.74, 6) is 0.438. The fourth-order valence-electron chi connectivity index (χ4n) is 4.41. The Morgan fingerprint density at radius 2 is 1.75 bits per heavy atom. The number of benzene rings is 2. The van der Waals surface area contributed by atoms with Crippen LogP contribution in [0.3, 0.4) is 0 Å². The van der Waals surface area contributed by atoms with Gasteiger partial charge in [0.05, 0.1) is 18.0 Å². The number of hydrogen-bond donors (Lipinski definition) is 1. The third-order valence-corrected chi connectivity index (χ3v) is 7.73. The molecule has 0 aliphatic carbocycles. The number of amides is 1. The molecule has 174 valence electrons. The summed E-state index contributed by atoms with van der Waals surface area (Å²) < 4.78 is 32.8. The Bertz CT molecular complexity index is 1050. The molecule has 1 heterocycles. The highest BCUT2D eigenvalue weighted by Crippen LogP contribution is 2.42. The zero-order valence-corrected chi connectivity index (χ0v) is 20.4. The molecule has 6 nitrogen and oxygen atoms in total. The molecule has 3 rings (SSSR count). The topological polar surface area (TPSA) is 75.7 Å². The van der Waals surface area contributed by atoms with E-state index in [4.69, 9.17) is 4.74 Å². The van der Waals surface area contributed by atoms with Crippen LogP contribution in [0.1, 0.15) is 64.1 Å². The van der Waals surface area contributed by atoms with Gasteiger partial charge in [-0.15, -0.1) is 0 Å². The van der Waals surface area contributed by atoms with Gasteiger partial charge in [0.25, 0.3) is 0 Å². The summed E-state index contributed by atoms with van der Waals surface area (Å²) in [6.07, 6.45) is 4.26. The number of nitrogens with zero attached hydrogens (tertiary/aromatic N) is 1. The predicted octanol–water partition coefficient (Wildman–Crippen LogP) is 4.60. The van der Waals surface area contributed by atoms with Gasteiger partial charge in [-0.2, -0.15) is 0 Å². The lowest BCUT2D eigenvalue weighted by molar-refractivity contribution is -0.123. The molecule has 0 fully saturated rings. The lowest BCUT2D eigenvalue weighted by Crippen LogP contribution is -2.51. The molecule has 1 aliphatic heterocycles. The first-order valence-corrected chi connectivity index (χ1v) is 13.2. The van der Waals surface area contributed by atoms with Gasteiger partial charge in [0.2, 0.25) is 15.9 Å². The van der Waals surface area contributed by atoms with Gasteiger partial charge in [-0.1, -0.05) is 51.1 Å². The molecule has 0 radical (unpaired) electrons. The molecule has 0 bridgehead atoms. The number of sulfonamides is 1. The van der Waals surface area contributed by atoms with Crippen LogP contribution in [0.15, 0.2) is 48.5 Å². The summed E-state index contributed by atoms with van der Waals surface area (Å²) in [5, 5.41) is 3.12. The van der Waals surface area contributed by atoms with Crippen LogP contribution in [0.2, 0.25) is 0 Å². The number of nitrogens with one attached hydrogen (secondary N) is 1. The summed E-state index contributed by atoms with van der Waals surface area (Å²) >= 11 is 0. The molecular formula is C25H34N2O4S. The Morgan fingerprint density at radius 1 is 1.12 bits per heavy atom. The summed E-state index contributed by atoms with van der Waals surface area (Å²) in [5.41, 5.74) is 2.15. The Balaban J connectivity index is 1.90. The molecule has 1 amide bonds. The second kappa shape index (κ2) is 9.53. The lowest BCUT2D eigenvalue weighted by Gasteiger charge is -2.42. The first-order chi connectivity index (χ1) is 15.1. The predicted molar refractivity (Wildman–Crippen MR) is 128 cm³/mol. The summed E-state index contributed by atoms with van der Waals surface area (Å²) in [7, 11) is -3.67. The maximum atomic E-state index is 13.3. The Hall–Kier alpha value is -2.54. The normalized spacial score (nSPS) is 18.2. The van der Waals surface area contributed by atoms with Crippen LogP contribution in [0.5, 0.6) is 5.75 Å². The van der Waals surface area contributed by atoms with Crippen molar-refractivity contribution in [1.82, 2.24) is 5.32 Å². The third kappa shape index (κ3) is 4.93. The van der Waals surface area contributed by atoms with Gasteiger partial charge in [0.1, 0.15) is 17.4 Å². The number of ether oxygens (including phenoxy) is 1. The van der Waals surface area contributed by atoms with Crippen molar-refractivity contribution in [2.24, 2.45) is 0 Å². The van der Waals surface area contributed by atoms with Gasteiger partial charge in [-0.25, -0.2) is 8.42 Å². The van der Waals surface area contributed by atoms with Gasteiger partial charge in [0, 0.05) is 12.0 Å². The van der Waals surface area contributed by atoms with E-state index in [2.05, 4.69) is 19.2 Å². The van der Waals surface area contributed by atoms with Gasteiger partial charge < -0.3 is 10.1 Å². The molecule has 7 heteroatoms. The quantitative estimate of drug-likeness (QED) is 0.627. The van der Waals surface area contributed by atoms with E-state index in [1.54, 1.807) is 19.1 Å². The van der Waals surface area contributed by atoms with E-state index >= 15 is 0 Å². The molecule has 0 saturated heterocycles. The number of fused-ring (bicyclic) bond motifs is 1. The van der Waals surface area contributed by atoms with E-state index in [-0.39, 0.29) is 17.6 Å². The maximum absolute atomic E-state index is 13.3. The number of rotatable bonds is 8. The molecule has 32 heavy (non-hydrogen) atoms. The molecule has 1 N–H and O–H groups in total. The van der Waals surface area contributed by atoms with Crippen molar-refractivity contribution in [2.75, 3.05) is 10.6 Å². The van der Waals surface area contributed by atoms with Crippen molar-refractivity contribution < 1.29 is 17.9 Å². The molecule has 2 aromatic carbocycles. The molecular weight excluding hydrogens is 424 g/mol. The van der Waals surface area contributed by atoms with Crippen LogP contribution < -0.4 is 14.4 Å². The zero-order chi connectivity index (χ0) is 23.5. The number of aryl methyl sites for hydroxylation is 1. The molecule has 0 spiro atoms. The fraction of sp³-hybridized carbons (Fsp3) is 0.480. The first-order valence-electron chi connectivity index (χ1n) is 11.3. The second-order valence-corrected chi connectivity index (χ2v) is 10.4. The number of para-hydroxylation sites is 1. The summed E-state index contributed by atoms with van der Waals surface area (Å²) in [6, 6.07) is 13.9. The minimum Gasteiger partial charge on any atom is -0.487 e. The number of carbonyl (C=O) groups excluding carboxylic acids is 1. The van der Waals surface area contributed by atoms with Gasteiger partial charge in [-0.05, 0) is 49.9 Å². The lowest BCUT2D eigenvalue weighted by atomic mass is 9.83. The molecule has 0 aromatic heterocycles. The van der Waals surface area contributed by atoms with Crippen LogP contribution in [-0.2, 0) is 21.2 Å². The highest BCUT2D eigenvalue weighted by molar-refractivity contribution is 7.92. The van der Waals surface area contributed by atoms with E-state index in [1.807, 2.05) is 43.3 Å². The maximum Gasteiger partial charge on any atom is 0.244 e. The highest BCUT2D eigenvalue weighted by atomic mass is 32.2. The van der Waals surface area contributed by atoms with Crippen molar-refractivity contribution in [2.45, 2.75) is 71.1 Å². The zero-order valence-electron chi connectivity index (χ0n) is 19.6. The molecule has 0 unspecified atom stereocenters. The van der Waals surface area contributed by atoms with Crippen LogP contribution in [-0.4, -0.2) is 32.2 Å². The molecule has 2 atom stereocenters. The summed E-state index contributed by atoms with van der Waals surface area (Å²) in [4.78, 5) is 13.3. The fourth-order valence-corrected chi connectivity index (χ4v) is 5.58. The Labute approximate surface area is 192 Å². The molecule has 1 aliphatic rings. The smallest absolute Gasteiger partial charge is 0.244 e. The largest absolute Gasteiger partial charge is 0.487 e. The van der Waals surface area contributed by atoms with E-state index in [9.17, 15) is 13.2 Å². The van der Waals surface area contributed by atoms with Crippen molar-refractivity contribution in [3.05, 3.63) is 59.7 Å². The Morgan fingerprint density at radius 3 is 2.31 bits per heavy atom. The highest BCUT2D eigenvalue weighted by Gasteiger charge is 2.40. The standard InChI is InChI=1S/C25H34N2O4S/c1-6-19-13-15-20(16-14-19)27(32(5,29)30)18(4)24(28)26-22-17-25(7-2,8-3)31-23-12-10-9-11-21(22)23/h9-16,18,22H,6-8,17H2,1-5H3,(H,26,28)/t18-,22+/m0/s1. The second-order valence-electron chi connectivity index (χ2n) is 8.55. The number of carbonyl (C=O) groups is 1. The number of hydrogen-bond acceptors (Lipinski definition) is 4. The van der Waals surface area contributed by atoms with Crippen LogP contribution >= 0.6 is 0 Å². The summed E-state index contributed by atoms with van der Waals surface area (Å²) in [6.45, 7) is 7.84. The van der Waals surface area contributed by atoms with Gasteiger partial charge in [-0.3, -0.25) is 9.10 Å². The van der Waals surface area contributed by atoms with Gasteiger partial charge in [0.15, 0.2) is 0 Å². The third-order valence-electron chi connectivity index (χ3n) is 6.49.